The summed E-state index contributed by atoms with van der Waals surface area (Å²) in [6.45, 7) is 4.62. The fourth-order valence-electron chi connectivity index (χ4n) is 2.23. The normalized spacial score (nSPS) is 23.3. The van der Waals surface area contributed by atoms with E-state index in [0.717, 1.165) is 11.4 Å². The van der Waals surface area contributed by atoms with Crippen molar-refractivity contribution < 1.29 is 0 Å². The molecule has 1 aromatic rings. The molecule has 0 aromatic heterocycles. The molecule has 2 rings (SSSR count). The van der Waals surface area contributed by atoms with E-state index in [1.54, 1.807) is 0 Å². The Kier molecular flexibility index (Phi) is 3.39. The maximum Gasteiger partial charge on any atom is 0.0406 e. The molecule has 1 aliphatic rings. The minimum Gasteiger partial charge on any atom is -0.0846 e. The lowest BCUT2D eigenvalue weighted by molar-refractivity contribution is 0.358. The molecule has 0 radical (unpaired) electrons. The lowest BCUT2D eigenvalue weighted by Crippen LogP contribution is -2.16. The quantitative estimate of drug-likeness (QED) is 0.640. The summed E-state index contributed by atoms with van der Waals surface area (Å²) in [5.41, 5.74) is 1.79. The van der Waals surface area contributed by atoms with Gasteiger partial charge in [0.25, 0.3) is 0 Å². The first kappa shape index (κ1) is 11.7. The third-order valence-electron chi connectivity index (χ3n) is 3.39. The molecule has 1 atom stereocenters. The molecule has 1 unspecified atom stereocenters. The Balaban J connectivity index is 1.99. The van der Waals surface area contributed by atoms with Gasteiger partial charge in [-0.05, 0) is 48.3 Å². The first-order chi connectivity index (χ1) is 7.55. The van der Waals surface area contributed by atoms with E-state index in [1.165, 1.54) is 18.4 Å². The molecule has 0 spiro atoms. The molecular formula is C15H19Cl. The SMILES string of the molecule is CC1(C)C=CC(Cc2ccc(Cl)cc2)CC1. The molecule has 0 fully saturated rings. The van der Waals surface area contributed by atoms with Crippen LogP contribution in [0.1, 0.15) is 32.3 Å². The van der Waals surface area contributed by atoms with Crippen molar-refractivity contribution in [3.05, 3.63) is 47.0 Å². The monoisotopic (exact) mass is 234 g/mol. The van der Waals surface area contributed by atoms with Crippen molar-refractivity contribution in [2.45, 2.75) is 33.1 Å². The molecule has 0 amide bonds. The molecule has 0 bridgehead atoms. The van der Waals surface area contributed by atoms with Crippen LogP contribution in [0.25, 0.3) is 0 Å². The van der Waals surface area contributed by atoms with Crippen LogP contribution in [-0.2, 0) is 6.42 Å². The van der Waals surface area contributed by atoms with Gasteiger partial charge < -0.3 is 0 Å². The minimum absolute atomic E-state index is 0.399. The molecule has 1 heteroatoms. The Morgan fingerprint density at radius 3 is 2.50 bits per heavy atom. The Morgan fingerprint density at radius 2 is 1.94 bits per heavy atom. The van der Waals surface area contributed by atoms with Crippen molar-refractivity contribution >= 4 is 11.6 Å². The maximum atomic E-state index is 5.88. The Morgan fingerprint density at radius 1 is 1.25 bits per heavy atom. The van der Waals surface area contributed by atoms with Gasteiger partial charge in [0.05, 0.1) is 0 Å². The predicted molar refractivity (Wildman–Crippen MR) is 70.8 cm³/mol. The van der Waals surface area contributed by atoms with Crippen molar-refractivity contribution in [2.75, 3.05) is 0 Å². The molecule has 86 valence electrons. The molecule has 1 aromatic carbocycles. The van der Waals surface area contributed by atoms with E-state index in [-0.39, 0.29) is 0 Å². The van der Waals surface area contributed by atoms with Crippen molar-refractivity contribution in [1.29, 1.82) is 0 Å². The van der Waals surface area contributed by atoms with Crippen LogP contribution in [0, 0.1) is 11.3 Å². The summed E-state index contributed by atoms with van der Waals surface area (Å²) in [5.74, 6) is 0.703. The molecule has 0 nitrogen and oxygen atoms in total. The summed E-state index contributed by atoms with van der Waals surface area (Å²) in [6, 6.07) is 8.23. The van der Waals surface area contributed by atoms with E-state index < -0.39 is 0 Å². The second-order valence-corrected chi connectivity index (χ2v) is 5.91. The number of halogens is 1. The van der Waals surface area contributed by atoms with Crippen molar-refractivity contribution in [3.8, 4) is 0 Å². The highest BCUT2D eigenvalue weighted by Gasteiger charge is 2.21. The molecule has 1 aliphatic carbocycles. The van der Waals surface area contributed by atoms with Gasteiger partial charge >= 0.3 is 0 Å². The van der Waals surface area contributed by atoms with E-state index in [9.17, 15) is 0 Å². The minimum atomic E-state index is 0.399. The lowest BCUT2D eigenvalue weighted by atomic mass is 9.77. The van der Waals surface area contributed by atoms with Crippen LogP contribution in [-0.4, -0.2) is 0 Å². The average molecular weight is 235 g/mol. The summed E-state index contributed by atoms with van der Waals surface area (Å²) in [5, 5.41) is 0.823. The molecule has 0 N–H and O–H groups in total. The highest BCUT2D eigenvalue weighted by molar-refractivity contribution is 6.30. The first-order valence-electron chi connectivity index (χ1n) is 5.99. The van der Waals surface area contributed by atoms with Gasteiger partial charge in [0.1, 0.15) is 0 Å². The first-order valence-corrected chi connectivity index (χ1v) is 6.37. The largest absolute Gasteiger partial charge is 0.0846 e. The number of hydrogen-bond donors (Lipinski definition) is 0. The van der Waals surface area contributed by atoms with E-state index in [1.807, 2.05) is 12.1 Å². The zero-order chi connectivity index (χ0) is 11.6. The molecular weight excluding hydrogens is 216 g/mol. The molecule has 0 saturated carbocycles. The van der Waals surface area contributed by atoms with E-state index in [4.69, 9.17) is 11.6 Å². The third kappa shape index (κ3) is 3.12. The summed E-state index contributed by atoms with van der Waals surface area (Å²) in [7, 11) is 0. The fraction of sp³-hybridized carbons (Fsp3) is 0.467. The van der Waals surface area contributed by atoms with Crippen LogP contribution in [0.2, 0.25) is 5.02 Å². The van der Waals surface area contributed by atoms with Gasteiger partial charge in [-0.3, -0.25) is 0 Å². The van der Waals surface area contributed by atoms with Crippen molar-refractivity contribution in [2.24, 2.45) is 11.3 Å². The number of hydrogen-bond acceptors (Lipinski definition) is 0. The van der Waals surface area contributed by atoms with Crippen LogP contribution in [0.4, 0.5) is 0 Å². The number of allylic oxidation sites excluding steroid dienone is 2. The van der Waals surface area contributed by atoms with E-state index >= 15 is 0 Å². The second-order valence-electron chi connectivity index (χ2n) is 5.48. The van der Waals surface area contributed by atoms with Crippen LogP contribution < -0.4 is 0 Å². The Labute approximate surface area is 103 Å². The van der Waals surface area contributed by atoms with Crippen molar-refractivity contribution in [1.82, 2.24) is 0 Å². The summed E-state index contributed by atoms with van der Waals surface area (Å²) < 4.78 is 0. The zero-order valence-electron chi connectivity index (χ0n) is 10.0. The summed E-state index contributed by atoms with van der Waals surface area (Å²) in [6.07, 6.45) is 8.49. The maximum absolute atomic E-state index is 5.88. The zero-order valence-corrected chi connectivity index (χ0v) is 10.8. The molecule has 0 saturated heterocycles. The Hall–Kier alpha value is -0.750. The van der Waals surface area contributed by atoms with Gasteiger partial charge in [-0.25, -0.2) is 0 Å². The van der Waals surface area contributed by atoms with Gasteiger partial charge in [-0.2, -0.15) is 0 Å². The molecule has 0 aliphatic heterocycles. The van der Waals surface area contributed by atoms with Crippen LogP contribution >= 0.6 is 11.6 Å². The van der Waals surface area contributed by atoms with Crippen molar-refractivity contribution in [3.63, 3.8) is 0 Å². The number of rotatable bonds is 2. The average Bonchev–Trinajstić information content (AvgIpc) is 2.24. The molecule has 16 heavy (non-hydrogen) atoms. The van der Waals surface area contributed by atoms with Gasteiger partial charge in [-0.15, -0.1) is 0 Å². The lowest BCUT2D eigenvalue weighted by Gasteiger charge is -2.28. The smallest absolute Gasteiger partial charge is 0.0406 e. The third-order valence-corrected chi connectivity index (χ3v) is 3.64. The standard InChI is InChI=1S/C15H19Cl/c1-15(2)9-7-13(8-10-15)11-12-3-5-14(16)6-4-12/h3-7,9,13H,8,10-11H2,1-2H3. The van der Waals surface area contributed by atoms with Gasteiger partial charge in [0.15, 0.2) is 0 Å². The highest BCUT2D eigenvalue weighted by atomic mass is 35.5. The summed E-state index contributed by atoms with van der Waals surface area (Å²) >= 11 is 5.88. The molecule has 0 heterocycles. The predicted octanol–water partition coefficient (Wildman–Crippen LogP) is 4.87. The topological polar surface area (TPSA) is 0 Å². The summed E-state index contributed by atoms with van der Waals surface area (Å²) in [4.78, 5) is 0. The van der Waals surface area contributed by atoms with Gasteiger partial charge in [0, 0.05) is 5.02 Å². The van der Waals surface area contributed by atoms with Crippen LogP contribution in [0.15, 0.2) is 36.4 Å². The number of benzene rings is 1. The van der Waals surface area contributed by atoms with E-state index in [0.29, 0.717) is 11.3 Å². The van der Waals surface area contributed by atoms with Gasteiger partial charge in [0.2, 0.25) is 0 Å². The fourth-order valence-corrected chi connectivity index (χ4v) is 2.35. The van der Waals surface area contributed by atoms with E-state index in [2.05, 4.69) is 38.1 Å². The Bertz CT molecular complexity index is 373. The highest BCUT2D eigenvalue weighted by Crippen LogP contribution is 2.33. The van der Waals surface area contributed by atoms with Gasteiger partial charge in [-0.1, -0.05) is 49.7 Å². The van der Waals surface area contributed by atoms with Crippen LogP contribution in [0.5, 0.6) is 0 Å². The second kappa shape index (κ2) is 4.63. The van der Waals surface area contributed by atoms with Crippen LogP contribution in [0.3, 0.4) is 0 Å².